The van der Waals surface area contributed by atoms with Gasteiger partial charge >= 0.3 is 0 Å². The molecule has 1 aromatic carbocycles. The van der Waals surface area contributed by atoms with Gasteiger partial charge in [-0.15, -0.1) is 0 Å². The van der Waals surface area contributed by atoms with Crippen LogP contribution in [0, 0.1) is 11.3 Å². The van der Waals surface area contributed by atoms with Gasteiger partial charge in [0.05, 0.1) is 19.8 Å². The average Bonchev–Trinajstić information content (AvgIpc) is 2.74. The number of imidazole rings is 1. The summed E-state index contributed by atoms with van der Waals surface area (Å²) in [5.74, 6) is 2.00. The molecule has 0 bridgehead atoms. The minimum atomic E-state index is 0.343. The number of rotatable bonds is 3. The van der Waals surface area contributed by atoms with Crippen LogP contribution in [0.15, 0.2) is 22.8 Å². The number of halogens is 1. The Morgan fingerprint density at radius 1 is 1.32 bits per heavy atom. The van der Waals surface area contributed by atoms with Crippen molar-refractivity contribution in [3.63, 3.8) is 0 Å². The Bertz CT molecular complexity index is 659. The molecule has 0 spiro atoms. The lowest BCUT2D eigenvalue weighted by molar-refractivity contribution is 0.395. The van der Waals surface area contributed by atoms with Crippen molar-refractivity contribution in [3.05, 3.63) is 28.5 Å². The van der Waals surface area contributed by atoms with Crippen molar-refractivity contribution in [1.29, 1.82) is 5.26 Å². The molecule has 0 amide bonds. The molecule has 0 N–H and O–H groups in total. The molecule has 0 atom stereocenters. The van der Waals surface area contributed by atoms with Crippen LogP contribution in [0.2, 0.25) is 0 Å². The molecular weight excluding hydrogens is 310 g/mol. The first-order valence-electron chi connectivity index (χ1n) is 5.47. The summed E-state index contributed by atoms with van der Waals surface area (Å²) in [5.41, 5.74) is 1.14. The van der Waals surface area contributed by atoms with Crippen LogP contribution >= 0.6 is 15.9 Å². The summed E-state index contributed by atoms with van der Waals surface area (Å²) < 4.78 is 12.9. The third-order valence-corrected chi connectivity index (χ3v) is 3.69. The third-order valence-electron chi connectivity index (χ3n) is 2.78. The average molecular weight is 322 g/mol. The lowest BCUT2D eigenvalue weighted by Crippen LogP contribution is -1.96. The van der Waals surface area contributed by atoms with Gasteiger partial charge < -0.3 is 14.0 Å². The van der Waals surface area contributed by atoms with Crippen molar-refractivity contribution in [2.75, 3.05) is 14.2 Å². The molecule has 1 aromatic heterocycles. The van der Waals surface area contributed by atoms with Gasteiger partial charge in [-0.05, 0) is 28.1 Å². The molecule has 5 nitrogen and oxygen atoms in total. The van der Waals surface area contributed by atoms with Crippen molar-refractivity contribution in [2.24, 2.45) is 7.05 Å². The maximum atomic E-state index is 9.00. The second-order valence-corrected chi connectivity index (χ2v) is 4.56. The fourth-order valence-electron chi connectivity index (χ4n) is 1.77. The van der Waals surface area contributed by atoms with E-state index in [1.54, 1.807) is 24.9 Å². The highest BCUT2D eigenvalue weighted by molar-refractivity contribution is 9.10. The van der Waals surface area contributed by atoms with Crippen LogP contribution in [0.25, 0.3) is 11.4 Å². The quantitative estimate of drug-likeness (QED) is 0.872. The standard InChI is InChI=1S/C13H12BrN3O2/c1-17-12(14)10(7-15)16-13(17)9-5-4-8(18-2)6-11(9)19-3/h4-6H,1-3H3. The zero-order valence-corrected chi connectivity index (χ0v) is 12.4. The normalized spacial score (nSPS) is 10.1. The molecule has 2 aromatic rings. The highest BCUT2D eigenvalue weighted by atomic mass is 79.9. The van der Waals surface area contributed by atoms with Crippen LogP contribution in [0.4, 0.5) is 0 Å². The minimum Gasteiger partial charge on any atom is -0.497 e. The largest absolute Gasteiger partial charge is 0.497 e. The van der Waals surface area contributed by atoms with Gasteiger partial charge in [-0.1, -0.05) is 0 Å². The molecule has 2 rings (SSSR count). The summed E-state index contributed by atoms with van der Waals surface area (Å²) in [7, 11) is 5.01. The first kappa shape index (κ1) is 13.4. The van der Waals surface area contributed by atoms with Crippen LogP contribution in [0.1, 0.15) is 5.69 Å². The van der Waals surface area contributed by atoms with Gasteiger partial charge in [-0.2, -0.15) is 5.26 Å². The Morgan fingerprint density at radius 2 is 2.05 bits per heavy atom. The second kappa shape index (κ2) is 5.33. The highest BCUT2D eigenvalue weighted by Gasteiger charge is 2.17. The Morgan fingerprint density at radius 3 is 2.58 bits per heavy atom. The van der Waals surface area contributed by atoms with Crippen molar-refractivity contribution < 1.29 is 9.47 Å². The Labute approximate surface area is 119 Å². The predicted octanol–water partition coefficient (Wildman–Crippen LogP) is 2.74. The van der Waals surface area contributed by atoms with Gasteiger partial charge in [0.15, 0.2) is 5.69 Å². The van der Waals surface area contributed by atoms with Crippen LogP contribution < -0.4 is 9.47 Å². The molecule has 0 radical (unpaired) electrons. The van der Waals surface area contributed by atoms with Crippen molar-refractivity contribution in [3.8, 4) is 29.0 Å². The number of nitrogens with zero attached hydrogens (tertiary/aromatic N) is 3. The first-order valence-corrected chi connectivity index (χ1v) is 6.26. The van der Waals surface area contributed by atoms with E-state index < -0.39 is 0 Å². The molecular formula is C13H12BrN3O2. The van der Waals surface area contributed by atoms with Gasteiger partial charge in [0.1, 0.15) is 28.0 Å². The van der Waals surface area contributed by atoms with E-state index in [-0.39, 0.29) is 0 Å². The fourth-order valence-corrected chi connectivity index (χ4v) is 2.12. The van der Waals surface area contributed by atoms with Gasteiger partial charge in [0.25, 0.3) is 0 Å². The van der Waals surface area contributed by atoms with Crippen LogP contribution in [-0.2, 0) is 7.05 Å². The molecule has 0 saturated carbocycles. The molecule has 0 fully saturated rings. The molecule has 1 heterocycles. The minimum absolute atomic E-state index is 0.343. The Kier molecular flexibility index (Phi) is 3.76. The van der Waals surface area contributed by atoms with Crippen molar-refractivity contribution in [2.45, 2.75) is 0 Å². The Balaban J connectivity index is 2.62. The lowest BCUT2D eigenvalue weighted by atomic mass is 10.2. The smallest absolute Gasteiger partial charge is 0.173 e. The molecule has 98 valence electrons. The summed E-state index contributed by atoms with van der Waals surface area (Å²) in [6, 6.07) is 7.50. The van der Waals surface area contributed by atoms with Crippen LogP contribution in [0.5, 0.6) is 11.5 Å². The number of aromatic nitrogens is 2. The summed E-state index contributed by atoms with van der Waals surface area (Å²) in [5, 5.41) is 9.00. The van der Waals surface area contributed by atoms with Crippen molar-refractivity contribution >= 4 is 15.9 Å². The number of methoxy groups -OCH3 is 2. The van der Waals surface area contributed by atoms with Crippen LogP contribution in [-0.4, -0.2) is 23.8 Å². The number of nitriles is 1. The highest BCUT2D eigenvalue weighted by Crippen LogP contribution is 2.34. The van der Waals surface area contributed by atoms with Gasteiger partial charge in [0.2, 0.25) is 0 Å². The first-order chi connectivity index (χ1) is 9.12. The molecule has 0 saturated heterocycles. The maximum Gasteiger partial charge on any atom is 0.173 e. The topological polar surface area (TPSA) is 60.1 Å². The number of hydrogen-bond acceptors (Lipinski definition) is 4. The number of ether oxygens (including phenoxy) is 2. The molecule has 0 aliphatic carbocycles. The predicted molar refractivity (Wildman–Crippen MR) is 74.2 cm³/mol. The zero-order valence-electron chi connectivity index (χ0n) is 10.8. The number of benzene rings is 1. The van der Waals surface area contributed by atoms with E-state index in [1.165, 1.54) is 0 Å². The fraction of sp³-hybridized carbons (Fsp3) is 0.231. The molecule has 0 aliphatic rings. The molecule has 6 heteroatoms. The second-order valence-electron chi connectivity index (χ2n) is 3.81. The lowest BCUT2D eigenvalue weighted by Gasteiger charge is -2.10. The maximum absolute atomic E-state index is 9.00. The van der Waals surface area contributed by atoms with Crippen LogP contribution in [0.3, 0.4) is 0 Å². The monoisotopic (exact) mass is 321 g/mol. The van der Waals surface area contributed by atoms with Crippen molar-refractivity contribution in [1.82, 2.24) is 9.55 Å². The summed E-state index contributed by atoms with van der Waals surface area (Å²) in [6.07, 6.45) is 0. The third kappa shape index (κ3) is 2.29. The summed E-state index contributed by atoms with van der Waals surface area (Å²) in [6.45, 7) is 0. The van der Waals surface area contributed by atoms with E-state index in [0.29, 0.717) is 27.6 Å². The molecule has 0 aliphatic heterocycles. The van der Waals surface area contributed by atoms with E-state index in [2.05, 4.69) is 20.9 Å². The zero-order chi connectivity index (χ0) is 14.0. The summed E-state index contributed by atoms with van der Waals surface area (Å²) >= 11 is 3.35. The van der Waals surface area contributed by atoms with E-state index in [0.717, 1.165) is 5.56 Å². The molecule has 19 heavy (non-hydrogen) atoms. The SMILES string of the molecule is COc1ccc(-c2nc(C#N)c(Br)n2C)c(OC)c1. The van der Waals surface area contributed by atoms with E-state index in [1.807, 2.05) is 25.2 Å². The van der Waals surface area contributed by atoms with Gasteiger partial charge in [-0.3, -0.25) is 0 Å². The number of hydrogen-bond donors (Lipinski definition) is 0. The Hall–Kier alpha value is -2.00. The molecule has 0 unspecified atom stereocenters. The summed E-state index contributed by atoms with van der Waals surface area (Å²) in [4.78, 5) is 4.30. The van der Waals surface area contributed by atoms with Gasteiger partial charge in [0, 0.05) is 13.1 Å². The van der Waals surface area contributed by atoms with E-state index in [9.17, 15) is 0 Å². The van der Waals surface area contributed by atoms with E-state index in [4.69, 9.17) is 14.7 Å². The van der Waals surface area contributed by atoms with Gasteiger partial charge in [-0.25, -0.2) is 4.98 Å². The van der Waals surface area contributed by atoms with E-state index >= 15 is 0 Å².